The lowest BCUT2D eigenvalue weighted by atomic mass is 9.79. The van der Waals surface area contributed by atoms with Crippen molar-refractivity contribution in [2.75, 3.05) is 0 Å². The summed E-state index contributed by atoms with van der Waals surface area (Å²) in [6.07, 6.45) is 3.12. The minimum Gasteiger partial charge on any atom is -0.507 e. The monoisotopic (exact) mass is 232 g/mol. The lowest BCUT2D eigenvalue weighted by Crippen LogP contribution is -2.16. The van der Waals surface area contributed by atoms with E-state index in [1.165, 1.54) is 11.1 Å². The number of hydrogen-bond acceptors (Lipinski definition) is 1. The summed E-state index contributed by atoms with van der Waals surface area (Å²) in [7, 11) is 0. The zero-order valence-electron chi connectivity index (χ0n) is 11.9. The summed E-state index contributed by atoms with van der Waals surface area (Å²) in [6.45, 7) is 12.6. The molecule has 0 bridgehead atoms. The summed E-state index contributed by atoms with van der Waals surface area (Å²) in [5.41, 5.74) is 4.48. The molecule has 17 heavy (non-hydrogen) atoms. The van der Waals surface area contributed by atoms with Crippen molar-refractivity contribution < 1.29 is 5.11 Å². The highest BCUT2D eigenvalue weighted by atomic mass is 16.3. The average Bonchev–Trinajstić information content (AvgIpc) is 2.31. The minimum absolute atomic E-state index is 0.0128. The van der Waals surface area contributed by atoms with Crippen LogP contribution in [-0.4, -0.2) is 5.11 Å². The molecular formula is C16H24O. The van der Waals surface area contributed by atoms with E-state index in [1.807, 2.05) is 13.8 Å². The molecule has 94 valence electrons. The van der Waals surface area contributed by atoms with Gasteiger partial charge >= 0.3 is 0 Å². The van der Waals surface area contributed by atoms with Crippen molar-refractivity contribution in [3.63, 3.8) is 0 Å². The number of aromatic hydroxyl groups is 1. The Morgan fingerprint density at radius 3 is 2.41 bits per heavy atom. The van der Waals surface area contributed by atoms with E-state index in [2.05, 4.69) is 45.9 Å². The van der Waals surface area contributed by atoms with Crippen LogP contribution in [0.2, 0.25) is 0 Å². The van der Waals surface area contributed by atoms with Gasteiger partial charge in [0.2, 0.25) is 0 Å². The van der Waals surface area contributed by atoms with Crippen LogP contribution in [0.3, 0.4) is 0 Å². The first-order chi connectivity index (χ1) is 7.83. The van der Waals surface area contributed by atoms with Crippen LogP contribution in [-0.2, 0) is 5.41 Å². The predicted octanol–water partition coefficient (Wildman–Crippen LogP) is 4.81. The molecule has 1 rings (SSSR count). The van der Waals surface area contributed by atoms with Gasteiger partial charge in [-0.2, -0.15) is 0 Å². The SMILES string of the molecule is C/C=C(\C)c1cc(C)c(O)c(C(C)(C)CC)c1. The molecule has 0 aromatic heterocycles. The predicted molar refractivity (Wildman–Crippen MR) is 75.5 cm³/mol. The van der Waals surface area contributed by atoms with Crippen LogP contribution in [0.1, 0.15) is 57.7 Å². The van der Waals surface area contributed by atoms with Crippen LogP contribution in [0.15, 0.2) is 18.2 Å². The van der Waals surface area contributed by atoms with Crippen LogP contribution in [0.5, 0.6) is 5.75 Å². The van der Waals surface area contributed by atoms with Crippen molar-refractivity contribution in [2.45, 2.75) is 53.4 Å². The summed E-state index contributed by atoms with van der Waals surface area (Å²) in [6, 6.07) is 4.18. The van der Waals surface area contributed by atoms with Crippen molar-refractivity contribution in [1.29, 1.82) is 0 Å². The topological polar surface area (TPSA) is 20.2 Å². The molecule has 0 atom stereocenters. The molecule has 0 spiro atoms. The number of rotatable bonds is 3. The van der Waals surface area contributed by atoms with Crippen LogP contribution < -0.4 is 0 Å². The van der Waals surface area contributed by atoms with Crippen molar-refractivity contribution in [3.05, 3.63) is 34.9 Å². The summed E-state index contributed by atoms with van der Waals surface area (Å²) in [5, 5.41) is 10.2. The smallest absolute Gasteiger partial charge is 0.122 e. The molecule has 1 nitrogen and oxygen atoms in total. The second-order valence-corrected chi connectivity index (χ2v) is 5.40. The fourth-order valence-electron chi connectivity index (χ4n) is 1.88. The molecule has 1 heteroatoms. The van der Waals surface area contributed by atoms with E-state index in [1.54, 1.807) is 0 Å². The molecule has 0 heterocycles. The van der Waals surface area contributed by atoms with Crippen LogP contribution in [0.25, 0.3) is 5.57 Å². The van der Waals surface area contributed by atoms with E-state index in [9.17, 15) is 5.11 Å². The quantitative estimate of drug-likeness (QED) is 0.792. The highest BCUT2D eigenvalue weighted by molar-refractivity contribution is 5.67. The third-order valence-corrected chi connectivity index (χ3v) is 3.80. The van der Waals surface area contributed by atoms with Gasteiger partial charge < -0.3 is 5.11 Å². The Kier molecular flexibility index (Phi) is 4.03. The van der Waals surface area contributed by atoms with Crippen molar-refractivity contribution >= 4 is 5.57 Å². The summed E-state index contributed by atoms with van der Waals surface area (Å²) >= 11 is 0. The van der Waals surface area contributed by atoms with Gasteiger partial charge in [-0.3, -0.25) is 0 Å². The fraction of sp³-hybridized carbons (Fsp3) is 0.500. The van der Waals surface area contributed by atoms with Gasteiger partial charge in [-0.05, 0) is 61.4 Å². The molecule has 0 aliphatic heterocycles. The Bertz CT molecular complexity index is 439. The fourth-order valence-corrected chi connectivity index (χ4v) is 1.88. The molecule has 0 aliphatic carbocycles. The number of allylic oxidation sites excluding steroid dienone is 2. The number of aryl methyl sites for hydroxylation is 1. The van der Waals surface area contributed by atoms with Crippen LogP contribution >= 0.6 is 0 Å². The molecule has 0 amide bonds. The first kappa shape index (κ1) is 13.8. The molecule has 1 N–H and O–H groups in total. The molecule has 0 radical (unpaired) electrons. The van der Waals surface area contributed by atoms with E-state index in [-0.39, 0.29) is 5.41 Å². The van der Waals surface area contributed by atoms with Gasteiger partial charge in [0.05, 0.1) is 0 Å². The molecule has 0 saturated heterocycles. The average molecular weight is 232 g/mol. The van der Waals surface area contributed by atoms with Crippen molar-refractivity contribution in [1.82, 2.24) is 0 Å². The Hall–Kier alpha value is -1.24. The largest absolute Gasteiger partial charge is 0.507 e. The highest BCUT2D eigenvalue weighted by Crippen LogP contribution is 2.37. The Labute approximate surface area is 105 Å². The molecule has 1 aromatic carbocycles. The lowest BCUT2D eigenvalue weighted by Gasteiger charge is -2.26. The molecule has 0 unspecified atom stereocenters. The number of phenols is 1. The van der Waals surface area contributed by atoms with Gasteiger partial charge in [0.1, 0.15) is 5.75 Å². The number of phenolic OH excluding ortho intramolecular Hbond substituents is 1. The van der Waals surface area contributed by atoms with Crippen molar-refractivity contribution in [2.24, 2.45) is 0 Å². The lowest BCUT2D eigenvalue weighted by molar-refractivity contribution is 0.425. The van der Waals surface area contributed by atoms with E-state index >= 15 is 0 Å². The molecule has 1 aromatic rings. The third-order valence-electron chi connectivity index (χ3n) is 3.80. The van der Waals surface area contributed by atoms with Gasteiger partial charge in [-0.25, -0.2) is 0 Å². The maximum Gasteiger partial charge on any atom is 0.122 e. The standard InChI is InChI=1S/C16H24O/c1-7-11(3)13-9-12(4)15(17)14(10-13)16(5,6)8-2/h7,9-10,17H,8H2,1-6H3/b11-7+. The maximum atomic E-state index is 10.2. The minimum atomic E-state index is 0.0128. The van der Waals surface area contributed by atoms with Gasteiger partial charge in [-0.15, -0.1) is 0 Å². The first-order valence-corrected chi connectivity index (χ1v) is 6.30. The molecule has 0 fully saturated rings. The van der Waals surface area contributed by atoms with Crippen LogP contribution in [0, 0.1) is 6.92 Å². The van der Waals surface area contributed by atoms with E-state index in [0.29, 0.717) is 5.75 Å². The second-order valence-electron chi connectivity index (χ2n) is 5.40. The molecule has 0 aliphatic rings. The molecular weight excluding hydrogens is 208 g/mol. The Morgan fingerprint density at radius 2 is 1.94 bits per heavy atom. The van der Waals surface area contributed by atoms with Gasteiger partial charge in [0.15, 0.2) is 0 Å². The summed E-state index contributed by atoms with van der Waals surface area (Å²) < 4.78 is 0. The van der Waals surface area contributed by atoms with Crippen LogP contribution in [0.4, 0.5) is 0 Å². The molecule has 0 saturated carbocycles. The third kappa shape index (κ3) is 2.71. The van der Waals surface area contributed by atoms with Gasteiger partial charge in [0, 0.05) is 5.56 Å². The summed E-state index contributed by atoms with van der Waals surface area (Å²) in [4.78, 5) is 0. The Balaban J connectivity index is 3.45. The van der Waals surface area contributed by atoms with Crippen molar-refractivity contribution in [3.8, 4) is 5.75 Å². The van der Waals surface area contributed by atoms with E-state index in [0.717, 1.165) is 17.5 Å². The Morgan fingerprint density at radius 1 is 1.35 bits per heavy atom. The number of benzene rings is 1. The van der Waals surface area contributed by atoms with E-state index in [4.69, 9.17) is 0 Å². The second kappa shape index (κ2) is 4.95. The number of hydrogen-bond donors (Lipinski definition) is 1. The van der Waals surface area contributed by atoms with Gasteiger partial charge in [-0.1, -0.05) is 26.8 Å². The summed E-state index contributed by atoms with van der Waals surface area (Å²) in [5.74, 6) is 0.449. The highest BCUT2D eigenvalue weighted by Gasteiger charge is 2.23. The zero-order chi connectivity index (χ0) is 13.2. The maximum absolute atomic E-state index is 10.2. The first-order valence-electron chi connectivity index (χ1n) is 6.30. The normalized spacial score (nSPS) is 12.9. The van der Waals surface area contributed by atoms with Gasteiger partial charge in [0.25, 0.3) is 0 Å². The zero-order valence-corrected chi connectivity index (χ0v) is 11.9. The van der Waals surface area contributed by atoms with E-state index < -0.39 is 0 Å².